The lowest BCUT2D eigenvalue weighted by molar-refractivity contribution is -0.375. The summed E-state index contributed by atoms with van der Waals surface area (Å²) < 4.78 is 0. The monoisotopic (exact) mass is 200 g/mol. The number of nitro groups is 1. The molecule has 0 saturated heterocycles. The molecule has 13 heavy (non-hydrogen) atoms. The van der Waals surface area contributed by atoms with Crippen LogP contribution in [0.1, 0.15) is 10.4 Å². The topological polar surface area (TPSA) is 86.2 Å². The Bertz CT molecular complexity index is 378. The summed E-state index contributed by atoms with van der Waals surface area (Å²) in [5, 5.41) is 10.4. The van der Waals surface area contributed by atoms with Crippen molar-refractivity contribution in [2.75, 3.05) is 5.73 Å². The van der Waals surface area contributed by atoms with Gasteiger partial charge in [0.25, 0.3) is 0 Å². The highest BCUT2D eigenvalue weighted by Gasteiger charge is 2.20. The first-order valence-electron chi connectivity index (χ1n) is 3.26. The summed E-state index contributed by atoms with van der Waals surface area (Å²) in [6, 6.07) is 3.88. The molecular formula is C7H5ClN2O3. The van der Waals surface area contributed by atoms with Crippen LogP contribution >= 0.6 is 11.6 Å². The molecule has 0 saturated carbocycles. The molecule has 0 radical (unpaired) electrons. The molecule has 0 heterocycles. The molecule has 0 aliphatic carbocycles. The van der Waals surface area contributed by atoms with Crippen LogP contribution in [0.5, 0.6) is 0 Å². The second-order valence-corrected chi connectivity index (χ2v) is 2.73. The summed E-state index contributed by atoms with van der Waals surface area (Å²) in [5.74, 6) is -1.23. The largest absolute Gasteiger partial charge is 0.478 e. The minimum absolute atomic E-state index is 0.00852. The van der Waals surface area contributed by atoms with Crippen molar-refractivity contribution in [3.63, 3.8) is 0 Å². The van der Waals surface area contributed by atoms with Crippen molar-refractivity contribution in [2.24, 2.45) is 0 Å². The zero-order valence-corrected chi connectivity index (χ0v) is 7.12. The zero-order valence-electron chi connectivity index (χ0n) is 6.36. The van der Waals surface area contributed by atoms with E-state index in [0.717, 1.165) is 0 Å². The van der Waals surface area contributed by atoms with Crippen molar-refractivity contribution in [1.82, 2.24) is 0 Å². The van der Waals surface area contributed by atoms with E-state index in [1.54, 1.807) is 0 Å². The number of hydrogen-bond acceptors (Lipinski definition) is 4. The number of halogens is 1. The average molecular weight is 201 g/mol. The fourth-order valence-corrected chi connectivity index (χ4v) is 1.01. The lowest BCUT2D eigenvalue weighted by Crippen LogP contribution is -2.13. The van der Waals surface area contributed by atoms with Crippen LogP contribution in [0.2, 0.25) is 5.02 Å². The van der Waals surface area contributed by atoms with Gasteiger partial charge in [0.1, 0.15) is 10.5 Å². The molecule has 2 N–H and O–H groups in total. The van der Waals surface area contributed by atoms with Crippen LogP contribution in [0.3, 0.4) is 0 Å². The molecule has 0 aromatic heterocycles. The molecular weight excluding hydrogens is 196 g/mol. The van der Waals surface area contributed by atoms with Crippen LogP contribution in [0.4, 0.5) is 5.69 Å². The van der Waals surface area contributed by atoms with Gasteiger partial charge in [-0.15, -0.1) is 0 Å². The van der Waals surface area contributed by atoms with Crippen LogP contribution in [0.25, 0.3) is 0 Å². The molecule has 68 valence electrons. The summed E-state index contributed by atoms with van der Waals surface area (Å²) in [6.45, 7) is 0. The Morgan fingerprint density at radius 1 is 1.54 bits per heavy atom. The van der Waals surface area contributed by atoms with E-state index in [1.807, 2.05) is 0 Å². The maximum absolute atomic E-state index is 10.9. The third kappa shape index (κ3) is 1.94. The minimum atomic E-state index is -1.23. The van der Waals surface area contributed by atoms with Gasteiger partial charge in [-0.1, -0.05) is 11.6 Å². The van der Waals surface area contributed by atoms with Gasteiger partial charge in [-0.2, -0.15) is 0 Å². The van der Waals surface area contributed by atoms with Crippen LogP contribution in [-0.2, 0) is 0 Å². The van der Waals surface area contributed by atoms with Crippen molar-refractivity contribution in [1.29, 1.82) is 0 Å². The Morgan fingerprint density at radius 2 is 2.15 bits per heavy atom. The van der Waals surface area contributed by atoms with Gasteiger partial charge >= 0.3 is 5.91 Å². The van der Waals surface area contributed by atoms with E-state index in [2.05, 4.69) is 0 Å². The number of benzene rings is 1. The second kappa shape index (κ2) is 3.40. The van der Waals surface area contributed by atoms with E-state index >= 15 is 0 Å². The summed E-state index contributed by atoms with van der Waals surface area (Å²) in [7, 11) is 0. The maximum atomic E-state index is 10.9. The highest BCUT2D eigenvalue weighted by molar-refractivity contribution is 6.31. The average Bonchev–Trinajstić information content (AvgIpc) is 2.03. The molecule has 6 heteroatoms. The van der Waals surface area contributed by atoms with Gasteiger partial charge in [-0.25, -0.2) is 4.79 Å². The first kappa shape index (κ1) is 9.47. The summed E-state index contributed by atoms with van der Waals surface area (Å²) in [4.78, 5) is 19.9. The van der Waals surface area contributed by atoms with Crippen LogP contribution in [0, 0.1) is 10.1 Å². The SMILES string of the molecule is Nc1cc(Cl)ccc1C(=O)[N+](=O)[O-]. The lowest BCUT2D eigenvalue weighted by atomic mass is 10.2. The number of nitrogen functional groups attached to an aromatic ring is 1. The van der Waals surface area contributed by atoms with E-state index in [0.29, 0.717) is 5.02 Å². The molecule has 1 amide bonds. The quantitative estimate of drug-likeness (QED) is 0.421. The molecule has 1 aromatic carbocycles. The highest BCUT2D eigenvalue weighted by Crippen LogP contribution is 2.18. The minimum Gasteiger partial charge on any atom is -0.398 e. The third-order valence-corrected chi connectivity index (χ3v) is 1.64. The third-order valence-electron chi connectivity index (χ3n) is 1.41. The van der Waals surface area contributed by atoms with Gasteiger partial charge in [0.05, 0.1) is 5.69 Å². The van der Waals surface area contributed by atoms with E-state index in [1.165, 1.54) is 18.2 Å². The molecule has 5 nitrogen and oxygen atoms in total. The normalized spacial score (nSPS) is 9.62. The van der Waals surface area contributed by atoms with E-state index < -0.39 is 10.8 Å². The number of carbonyl (C=O) groups is 1. The number of nitrogens with two attached hydrogens (primary N) is 1. The predicted molar refractivity (Wildman–Crippen MR) is 47.2 cm³/mol. The van der Waals surface area contributed by atoms with Gasteiger partial charge in [-0.05, 0) is 18.2 Å². The first-order chi connectivity index (χ1) is 6.02. The molecule has 0 aliphatic heterocycles. The van der Waals surface area contributed by atoms with Crippen LogP contribution < -0.4 is 5.73 Å². The summed E-state index contributed by atoms with van der Waals surface area (Å²) in [5.41, 5.74) is 5.21. The Hall–Kier alpha value is -1.62. The Kier molecular flexibility index (Phi) is 2.48. The molecule has 0 aliphatic rings. The molecule has 0 bridgehead atoms. The van der Waals surface area contributed by atoms with Gasteiger partial charge in [0.2, 0.25) is 0 Å². The van der Waals surface area contributed by atoms with Crippen molar-refractivity contribution >= 4 is 23.2 Å². The zero-order chi connectivity index (χ0) is 10.0. The number of rotatable bonds is 1. The van der Waals surface area contributed by atoms with E-state index in [4.69, 9.17) is 17.3 Å². The number of hydrogen-bond donors (Lipinski definition) is 1. The Morgan fingerprint density at radius 3 is 2.62 bits per heavy atom. The van der Waals surface area contributed by atoms with Gasteiger partial charge in [-0.3, -0.25) is 10.1 Å². The van der Waals surface area contributed by atoms with Gasteiger partial charge in [0, 0.05) is 5.02 Å². The standard InChI is InChI=1S/C7H5ClN2O3/c8-4-1-2-5(6(9)3-4)7(11)10(12)13/h1-3H,9H2. The number of amides is 1. The second-order valence-electron chi connectivity index (χ2n) is 2.29. The van der Waals surface area contributed by atoms with Crippen molar-refractivity contribution in [3.05, 3.63) is 38.9 Å². The van der Waals surface area contributed by atoms with Gasteiger partial charge in [0.15, 0.2) is 0 Å². The lowest BCUT2D eigenvalue weighted by Gasteiger charge is -1.98. The van der Waals surface area contributed by atoms with Crippen LogP contribution in [-0.4, -0.2) is 10.8 Å². The fourth-order valence-electron chi connectivity index (χ4n) is 0.827. The molecule has 0 unspecified atom stereocenters. The first-order valence-corrected chi connectivity index (χ1v) is 3.64. The fraction of sp³-hybridized carbons (Fsp3) is 0. The molecule has 1 rings (SSSR count). The summed E-state index contributed by atoms with van der Waals surface area (Å²) in [6.07, 6.45) is 0. The van der Waals surface area contributed by atoms with E-state index in [-0.39, 0.29) is 11.3 Å². The molecule has 0 atom stereocenters. The number of nitrogens with zero attached hydrogens (tertiary/aromatic N) is 1. The molecule has 0 fully saturated rings. The van der Waals surface area contributed by atoms with E-state index in [9.17, 15) is 14.9 Å². The van der Waals surface area contributed by atoms with Gasteiger partial charge < -0.3 is 5.73 Å². The number of anilines is 1. The predicted octanol–water partition coefficient (Wildman–Crippen LogP) is 1.34. The smallest absolute Gasteiger partial charge is 0.398 e. The Balaban J connectivity index is 3.16. The van der Waals surface area contributed by atoms with Crippen molar-refractivity contribution < 1.29 is 9.72 Å². The highest BCUT2D eigenvalue weighted by atomic mass is 35.5. The maximum Gasteiger partial charge on any atom is 0.478 e. The molecule has 0 spiro atoms. The van der Waals surface area contributed by atoms with Crippen LogP contribution in [0.15, 0.2) is 18.2 Å². The van der Waals surface area contributed by atoms with Crippen molar-refractivity contribution in [2.45, 2.75) is 0 Å². The Labute approximate surface area is 78.3 Å². The molecule has 1 aromatic rings. The summed E-state index contributed by atoms with van der Waals surface area (Å²) >= 11 is 5.54. The van der Waals surface area contributed by atoms with Crippen molar-refractivity contribution in [3.8, 4) is 0 Å². The number of carbonyl (C=O) groups excluding carboxylic acids is 1.